The van der Waals surface area contributed by atoms with Crippen molar-refractivity contribution in [3.8, 4) is 0 Å². The topological polar surface area (TPSA) is 97.6 Å². The Morgan fingerprint density at radius 3 is 2.56 bits per heavy atom. The molecule has 0 saturated carbocycles. The summed E-state index contributed by atoms with van der Waals surface area (Å²) in [5.41, 5.74) is 1.46. The van der Waals surface area contributed by atoms with Gasteiger partial charge in [-0.3, -0.25) is 4.79 Å². The van der Waals surface area contributed by atoms with Gasteiger partial charge >= 0.3 is 5.97 Å². The summed E-state index contributed by atoms with van der Waals surface area (Å²) in [5.74, 6) is -0.894. The average molecular weight is 398 g/mol. The van der Waals surface area contributed by atoms with Gasteiger partial charge in [-0.1, -0.05) is 0 Å². The van der Waals surface area contributed by atoms with Crippen molar-refractivity contribution in [2.45, 2.75) is 30.3 Å². The van der Waals surface area contributed by atoms with Crippen molar-refractivity contribution >= 4 is 16.0 Å². The molecule has 1 heterocycles. The first-order valence-corrected chi connectivity index (χ1v) is 9.87. The summed E-state index contributed by atoms with van der Waals surface area (Å²) in [6.07, 6.45) is -0.0731. The molecule has 0 radical (unpaired) electrons. The molecule has 2 N–H and O–H groups in total. The minimum atomic E-state index is -3.72. The zero-order chi connectivity index (χ0) is 20.0. The van der Waals surface area contributed by atoms with Gasteiger partial charge in [-0.2, -0.15) is 0 Å². The molecule has 0 aliphatic carbocycles. The predicted molar refractivity (Wildman–Crippen MR) is 96.9 cm³/mol. The van der Waals surface area contributed by atoms with Crippen molar-refractivity contribution in [3.63, 3.8) is 0 Å². The van der Waals surface area contributed by atoms with Gasteiger partial charge in [0.05, 0.1) is 18.1 Å². The second-order valence-corrected chi connectivity index (χ2v) is 7.81. The Morgan fingerprint density at radius 2 is 1.93 bits per heavy atom. The van der Waals surface area contributed by atoms with E-state index in [1.54, 1.807) is 23.7 Å². The van der Waals surface area contributed by atoms with E-state index in [1.807, 2.05) is 0 Å². The number of aromatic nitrogens is 1. The number of sulfonamides is 1. The molecule has 7 nitrogen and oxygen atoms in total. The molecule has 0 fully saturated rings. The lowest BCUT2D eigenvalue weighted by Crippen LogP contribution is -2.26. The summed E-state index contributed by atoms with van der Waals surface area (Å²) < 4.78 is 46.1. The van der Waals surface area contributed by atoms with Gasteiger partial charge in [0.25, 0.3) is 0 Å². The smallest absolute Gasteiger partial charge is 0.305 e. The molecule has 0 bridgehead atoms. The molecule has 0 aliphatic heterocycles. The van der Waals surface area contributed by atoms with Crippen molar-refractivity contribution in [3.05, 3.63) is 53.6 Å². The monoisotopic (exact) mass is 398 g/mol. The molecule has 9 heteroatoms. The number of ether oxygens (including phenoxy) is 1. The number of benzene rings is 1. The van der Waals surface area contributed by atoms with E-state index in [2.05, 4.69) is 9.46 Å². The number of nitrogens with zero attached hydrogens (tertiary/aromatic N) is 1. The summed E-state index contributed by atoms with van der Waals surface area (Å²) in [7, 11) is -0.659. The van der Waals surface area contributed by atoms with Crippen LogP contribution in [0.15, 0.2) is 41.3 Å². The van der Waals surface area contributed by atoms with Gasteiger partial charge in [0, 0.05) is 37.8 Å². The summed E-state index contributed by atoms with van der Waals surface area (Å²) >= 11 is 0. The molecule has 0 spiro atoms. The maximum absolute atomic E-state index is 12.9. The van der Waals surface area contributed by atoms with Crippen LogP contribution in [0.25, 0.3) is 0 Å². The fraction of sp³-hybridized carbons (Fsp3) is 0.389. The van der Waals surface area contributed by atoms with Crippen LogP contribution in [0.2, 0.25) is 0 Å². The second kappa shape index (κ2) is 9.12. The summed E-state index contributed by atoms with van der Waals surface area (Å²) in [6.45, 7) is 0.148. The van der Waals surface area contributed by atoms with Crippen LogP contribution in [0, 0.1) is 5.82 Å². The molecular weight excluding hydrogens is 375 g/mol. The van der Waals surface area contributed by atoms with Crippen LogP contribution in [-0.2, 0) is 33.0 Å². The molecule has 1 aromatic carbocycles. The highest BCUT2D eigenvalue weighted by Crippen LogP contribution is 2.21. The van der Waals surface area contributed by atoms with Crippen molar-refractivity contribution in [2.24, 2.45) is 7.05 Å². The fourth-order valence-electron chi connectivity index (χ4n) is 2.67. The van der Waals surface area contributed by atoms with Gasteiger partial charge in [0.15, 0.2) is 0 Å². The van der Waals surface area contributed by atoms with Crippen molar-refractivity contribution < 1.29 is 27.4 Å². The molecule has 0 amide bonds. The van der Waals surface area contributed by atoms with Crippen LogP contribution in [0.4, 0.5) is 4.39 Å². The highest BCUT2D eigenvalue weighted by Gasteiger charge is 2.17. The number of halogens is 1. The van der Waals surface area contributed by atoms with Crippen LogP contribution >= 0.6 is 0 Å². The number of carbonyl (C=O) groups excluding carboxylic acids is 1. The Kier molecular flexibility index (Phi) is 7.11. The minimum absolute atomic E-state index is 0.00490. The van der Waals surface area contributed by atoms with Gasteiger partial charge < -0.3 is 14.4 Å². The second-order valence-electron chi connectivity index (χ2n) is 6.04. The molecule has 2 aromatic rings. The number of aliphatic hydroxyl groups is 1. The maximum atomic E-state index is 12.9. The highest BCUT2D eigenvalue weighted by atomic mass is 32.2. The summed E-state index contributed by atoms with van der Waals surface area (Å²) in [5, 5.41) is 10.2. The van der Waals surface area contributed by atoms with Gasteiger partial charge in [-0.15, -0.1) is 0 Å². The average Bonchev–Trinajstić information content (AvgIpc) is 3.00. The lowest BCUT2D eigenvalue weighted by Gasteiger charge is -2.13. The Hall–Kier alpha value is -2.23. The van der Waals surface area contributed by atoms with Crippen LogP contribution in [-0.4, -0.2) is 37.7 Å². The minimum Gasteiger partial charge on any atom is -0.469 e. The van der Waals surface area contributed by atoms with Crippen molar-refractivity contribution in [1.82, 2.24) is 9.29 Å². The molecular formula is C18H23FN2O5S. The van der Waals surface area contributed by atoms with Crippen molar-refractivity contribution in [2.75, 3.05) is 13.7 Å². The lowest BCUT2D eigenvalue weighted by molar-refractivity contribution is -0.141. The summed E-state index contributed by atoms with van der Waals surface area (Å²) in [4.78, 5) is 11.2. The molecule has 1 unspecified atom stereocenters. The third-order valence-electron chi connectivity index (χ3n) is 4.25. The number of hydrogen-bond donors (Lipinski definition) is 2. The molecule has 148 valence electrons. The van der Waals surface area contributed by atoms with E-state index in [4.69, 9.17) is 0 Å². The van der Waals surface area contributed by atoms with E-state index < -0.39 is 27.9 Å². The van der Waals surface area contributed by atoms with E-state index >= 15 is 0 Å². The Bertz CT molecular complexity index is 878. The van der Waals surface area contributed by atoms with Crippen molar-refractivity contribution in [1.29, 1.82) is 0 Å². The molecule has 0 aliphatic rings. The summed E-state index contributed by atoms with van der Waals surface area (Å²) in [6, 6.07) is 8.13. The standard InChI is InChI=1S/C18H23FN2O5S/c1-21-14(5-8-16(21)17(22)9-10-18(23)26-2)11-12-20-27(24,25)15-6-3-13(19)4-7-15/h3-8,17,20,22H,9-12H2,1-2H3. The maximum Gasteiger partial charge on any atom is 0.305 e. The van der Waals surface area contributed by atoms with Gasteiger partial charge in [0.2, 0.25) is 10.0 Å². The normalized spacial score (nSPS) is 12.7. The Balaban J connectivity index is 1.94. The molecule has 1 atom stereocenters. The zero-order valence-corrected chi connectivity index (χ0v) is 16.0. The van der Waals surface area contributed by atoms with Gasteiger partial charge in [-0.25, -0.2) is 17.5 Å². The molecule has 27 heavy (non-hydrogen) atoms. The number of carbonyl (C=O) groups is 1. The molecule has 0 saturated heterocycles. The molecule has 2 rings (SSSR count). The Labute approximate surface area is 157 Å². The molecule has 1 aromatic heterocycles. The number of nitrogens with one attached hydrogen (secondary N) is 1. The van der Waals surface area contributed by atoms with Gasteiger partial charge in [-0.05, 0) is 42.8 Å². The SMILES string of the molecule is COC(=O)CCC(O)c1ccc(CCNS(=O)(=O)c2ccc(F)cc2)n1C. The Morgan fingerprint density at radius 1 is 1.26 bits per heavy atom. The number of hydrogen-bond acceptors (Lipinski definition) is 5. The predicted octanol–water partition coefficient (Wildman–Crippen LogP) is 1.67. The quantitative estimate of drug-likeness (QED) is 0.626. The fourth-order valence-corrected chi connectivity index (χ4v) is 3.70. The van der Waals surface area contributed by atoms with E-state index in [0.717, 1.165) is 17.8 Å². The number of rotatable bonds is 9. The van der Waals surface area contributed by atoms with E-state index in [-0.39, 0.29) is 24.3 Å². The zero-order valence-electron chi connectivity index (χ0n) is 15.2. The van der Waals surface area contributed by atoms with Crippen LogP contribution in [0.3, 0.4) is 0 Å². The third-order valence-corrected chi connectivity index (χ3v) is 5.73. The van der Waals surface area contributed by atoms with E-state index in [9.17, 15) is 22.7 Å². The van der Waals surface area contributed by atoms with Crippen LogP contribution in [0.5, 0.6) is 0 Å². The highest BCUT2D eigenvalue weighted by molar-refractivity contribution is 7.89. The van der Waals surface area contributed by atoms with E-state index in [1.165, 1.54) is 19.2 Å². The van der Waals surface area contributed by atoms with Gasteiger partial charge in [0.1, 0.15) is 5.82 Å². The largest absolute Gasteiger partial charge is 0.469 e. The van der Waals surface area contributed by atoms with Crippen LogP contribution in [0.1, 0.15) is 30.3 Å². The van der Waals surface area contributed by atoms with Crippen LogP contribution < -0.4 is 4.72 Å². The third kappa shape index (κ3) is 5.62. The lowest BCUT2D eigenvalue weighted by atomic mass is 10.1. The van der Waals surface area contributed by atoms with E-state index in [0.29, 0.717) is 12.1 Å². The number of esters is 1. The first-order chi connectivity index (χ1) is 12.7. The number of methoxy groups -OCH3 is 1. The first-order valence-electron chi connectivity index (χ1n) is 8.39. The number of aliphatic hydroxyl groups excluding tert-OH is 1. The first kappa shape index (κ1) is 21.1.